The van der Waals surface area contributed by atoms with Crippen LogP contribution in [0.2, 0.25) is 0 Å². The molecule has 158 valence electrons. The Hall–Kier alpha value is -2.28. The number of pyridine rings is 1. The number of carbonyl (C=O) groups is 2. The molecular formula is C17H23N5O6S. The van der Waals surface area contributed by atoms with E-state index in [1.807, 2.05) is 12.1 Å². The van der Waals surface area contributed by atoms with Crippen LogP contribution in [-0.4, -0.2) is 71.6 Å². The first-order valence-corrected chi connectivity index (χ1v) is 10.9. The fourth-order valence-corrected chi connectivity index (χ4v) is 4.63. The van der Waals surface area contributed by atoms with E-state index in [-0.39, 0.29) is 12.5 Å². The van der Waals surface area contributed by atoms with E-state index in [1.165, 1.54) is 4.90 Å². The summed E-state index contributed by atoms with van der Waals surface area (Å²) in [6, 6.07) is 1.75. The lowest BCUT2D eigenvalue weighted by molar-refractivity contribution is -0.120. The van der Waals surface area contributed by atoms with Crippen LogP contribution in [0.5, 0.6) is 0 Å². The molecule has 0 saturated carbocycles. The van der Waals surface area contributed by atoms with Crippen molar-refractivity contribution in [2.24, 2.45) is 0 Å². The third kappa shape index (κ3) is 4.34. The minimum Gasteiger partial charge on any atom is -0.317 e. The number of anilines is 1. The van der Waals surface area contributed by atoms with Gasteiger partial charge in [-0.2, -0.15) is 13.5 Å². The second-order valence-electron chi connectivity index (χ2n) is 7.50. The van der Waals surface area contributed by atoms with Crippen molar-refractivity contribution in [1.29, 1.82) is 0 Å². The number of carbonyl (C=O) groups excluding carboxylic acids is 2. The largest absolute Gasteiger partial charge is 0.418 e. The van der Waals surface area contributed by atoms with E-state index >= 15 is 0 Å². The molecule has 2 unspecified atom stereocenters. The predicted octanol–water partition coefficient (Wildman–Crippen LogP) is 0.490. The van der Waals surface area contributed by atoms with Crippen LogP contribution in [0.1, 0.15) is 37.2 Å². The highest BCUT2D eigenvalue weighted by atomic mass is 32.3. The molecule has 3 saturated heterocycles. The van der Waals surface area contributed by atoms with Crippen molar-refractivity contribution in [3.05, 3.63) is 23.9 Å². The minimum absolute atomic E-state index is 0.148. The molecule has 3 aliphatic rings. The van der Waals surface area contributed by atoms with Crippen LogP contribution in [0, 0.1) is 0 Å². The van der Waals surface area contributed by atoms with Gasteiger partial charge in [0, 0.05) is 12.7 Å². The summed E-state index contributed by atoms with van der Waals surface area (Å²) >= 11 is 0. The molecule has 1 aromatic heterocycles. The Kier molecular flexibility index (Phi) is 5.42. The summed E-state index contributed by atoms with van der Waals surface area (Å²) in [5, 5.41) is 6.72. The molecule has 3 fully saturated rings. The first kappa shape index (κ1) is 20.0. The number of piperidine rings is 2. The second kappa shape index (κ2) is 7.86. The zero-order valence-corrected chi connectivity index (χ0v) is 16.5. The molecule has 0 radical (unpaired) electrons. The van der Waals surface area contributed by atoms with Gasteiger partial charge in [0.25, 0.3) is 0 Å². The fraction of sp³-hybridized carbons (Fsp3) is 0.588. The average molecular weight is 425 g/mol. The van der Waals surface area contributed by atoms with Crippen LogP contribution >= 0.6 is 0 Å². The zero-order chi connectivity index (χ0) is 20.6. The number of hydrogen-bond donors (Lipinski definition) is 3. The molecule has 4 rings (SSSR count). The third-order valence-corrected chi connectivity index (χ3v) is 5.99. The Labute approximate surface area is 168 Å². The van der Waals surface area contributed by atoms with Crippen molar-refractivity contribution < 1.29 is 26.8 Å². The quantitative estimate of drug-likeness (QED) is 0.579. The number of rotatable bonds is 5. The summed E-state index contributed by atoms with van der Waals surface area (Å²) < 4.78 is 35.2. The van der Waals surface area contributed by atoms with Gasteiger partial charge in [-0.3, -0.25) is 9.35 Å². The van der Waals surface area contributed by atoms with E-state index < -0.39 is 28.5 Å². The van der Waals surface area contributed by atoms with Crippen LogP contribution in [-0.2, 0) is 19.5 Å². The molecule has 0 spiro atoms. The van der Waals surface area contributed by atoms with E-state index in [0.717, 1.165) is 31.5 Å². The van der Waals surface area contributed by atoms with E-state index in [4.69, 9.17) is 4.55 Å². The normalized spacial score (nSPS) is 25.3. The highest BCUT2D eigenvalue weighted by molar-refractivity contribution is 7.80. The molecule has 4 heterocycles. The van der Waals surface area contributed by atoms with Crippen LogP contribution in [0.25, 0.3) is 0 Å². The zero-order valence-electron chi connectivity index (χ0n) is 15.7. The molecule has 3 amide bonds. The SMILES string of the molecule is O=C(Nc1cc(C2CCNCC2)ccn1)C1CCC2CN1C(=O)N2OS(=O)(=O)O. The maximum atomic E-state index is 12.8. The standard InChI is InChI=1S/C17H23N5O6S/c23-16(20-15-9-12(5-8-19-15)11-3-6-18-7-4-11)14-2-1-13-10-21(14)17(24)22(13)28-29(25,26)27/h5,8-9,11,13-14,18H,1-4,6-7,10H2,(H,19,20,23)(H,25,26,27). The number of fused-ring (bicyclic) bond motifs is 2. The van der Waals surface area contributed by atoms with Crippen molar-refractivity contribution >= 4 is 28.2 Å². The van der Waals surface area contributed by atoms with Crippen LogP contribution in [0.4, 0.5) is 10.6 Å². The van der Waals surface area contributed by atoms with Gasteiger partial charge in [-0.15, -0.1) is 4.28 Å². The van der Waals surface area contributed by atoms with E-state index in [9.17, 15) is 18.0 Å². The summed E-state index contributed by atoms with van der Waals surface area (Å²) in [5.41, 5.74) is 1.12. The molecule has 12 heteroatoms. The highest BCUT2D eigenvalue weighted by Crippen LogP contribution is 2.31. The summed E-state index contributed by atoms with van der Waals surface area (Å²) in [6.45, 7) is 2.06. The molecule has 1 aromatic rings. The number of nitrogens with one attached hydrogen (secondary N) is 2. The van der Waals surface area contributed by atoms with Crippen molar-refractivity contribution in [3.8, 4) is 0 Å². The Balaban J connectivity index is 1.44. The molecule has 3 aliphatic heterocycles. The van der Waals surface area contributed by atoms with Crippen LogP contribution in [0.3, 0.4) is 0 Å². The molecule has 0 aliphatic carbocycles. The van der Waals surface area contributed by atoms with Crippen molar-refractivity contribution in [3.63, 3.8) is 0 Å². The number of amides is 3. The van der Waals surface area contributed by atoms with Gasteiger partial charge in [-0.25, -0.2) is 9.78 Å². The molecule has 2 atom stereocenters. The summed E-state index contributed by atoms with van der Waals surface area (Å²) in [6.07, 6.45) is 4.42. The van der Waals surface area contributed by atoms with Crippen molar-refractivity contribution in [2.75, 3.05) is 25.0 Å². The molecule has 3 N–H and O–H groups in total. The molecule has 2 bridgehead atoms. The first-order chi connectivity index (χ1) is 13.8. The maximum absolute atomic E-state index is 12.8. The van der Waals surface area contributed by atoms with Crippen LogP contribution < -0.4 is 10.6 Å². The topological polar surface area (TPSA) is 141 Å². The number of nitrogens with zero attached hydrogens (tertiary/aromatic N) is 3. The lowest BCUT2D eigenvalue weighted by Gasteiger charge is -2.29. The van der Waals surface area contributed by atoms with Gasteiger partial charge in [-0.1, -0.05) is 0 Å². The smallest absolute Gasteiger partial charge is 0.317 e. The number of hydroxylamine groups is 2. The van der Waals surface area contributed by atoms with E-state index in [2.05, 4.69) is 19.9 Å². The van der Waals surface area contributed by atoms with Crippen LogP contribution in [0.15, 0.2) is 18.3 Å². The molecule has 11 nitrogen and oxygen atoms in total. The lowest BCUT2D eigenvalue weighted by atomic mass is 9.91. The number of aromatic nitrogens is 1. The van der Waals surface area contributed by atoms with Gasteiger partial charge in [0.15, 0.2) is 0 Å². The Morgan fingerprint density at radius 1 is 1.28 bits per heavy atom. The Morgan fingerprint density at radius 3 is 2.76 bits per heavy atom. The molecule has 0 aromatic carbocycles. The molecule has 29 heavy (non-hydrogen) atoms. The fourth-order valence-electron chi connectivity index (χ4n) is 4.24. The second-order valence-corrected chi connectivity index (χ2v) is 8.50. The van der Waals surface area contributed by atoms with Crippen molar-refractivity contribution in [2.45, 2.75) is 43.7 Å². The van der Waals surface area contributed by atoms with Gasteiger partial charge in [0.1, 0.15) is 11.9 Å². The minimum atomic E-state index is -4.82. The van der Waals surface area contributed by atoms with E-state index in [0.29, 0.717) is 29.6 Å². The monoisotopic (exact) mass is 425 g/mol. The highest BCUT2D eigenvalue weighted by Gasteiger charge is 2.49. The van der Waals surface area contributed by atoms with Gasteiger partial charge in [0.2, 0.25) is 5.91 Å². The van der Waals surface area contributed by atoms with Gasteiger partial charge < -0.3 is 15.5 Å². The van der Waals surface area contributed by atoms with Gasteiger partial charge in [-0.05, 0) is 62.4 Å². The number of hydrogen-bond acceptors (Lipinski definition) is 7. The first-order valence-electron chi connectivity index (χ1n) is 9.56. The molecular weight excluding hydrogens is 402 g/mol. The Morgan fingerprint density at radius 2 is 2.03 bits per heavy atom. The third-order valence-electron chi connectivity index (χ3n) is 5.65. The van der Waals surface area contributed by atoms with Gasteiger partial charge >= 0.3 is 16.4 Å². The maximum Gasteiger partial charge on any atom is 0.418 e. The summed E-state index contributed by atoms with van der Waals surface area (Å²) in [5.74, 6) is 0.447. The predicted molar refractivity (Wildman–Crippen MR) is 101 cm³/mol. The van der Waals surface area contributed by atoms with E-state index in [1.54, 1.807) is 6.20 Å². The summed E-state index contributed by atoms with van der Waals surface area (Å²) in [4.78, 5) is 30.7. The van der Waals surface area contributed by atoms with Gasteiger partial charge in [0.05, 0.1) is 6.04 Å². The lowest BCUT2D eigenvalue weighted by Crippen LogP contribution is -2.47. The Bertz CT molecular complexity index is 903. The van der Waals surface area contributed by atoms with Crippen molar-refractivity contribution in [1.82, 2.24) is 20.3 Å². The number of urea groups is 1. The summed E-state index contributed by atoms with van der Waals surface area (Å²) in [7, 11) is -4.82. The average Bonchev–Trinajstić information content (AvgIpc) is 2.92.